The van der Waals surface area contributed by atoms with Gasteiger partial charge in [0.05, 0.1) is 15.3 Å². The number of thiophene rings is 1. The summed E-state index contributed by atoms with van der Waals surface area (Å²) in [5, 5.41) is 0. The van der Waals surface area contributed by atoms with E-state index in [9.17, 15) is 4.79 Å². The quantitative estimate of drug-likeness (QED) is 0.755. The molecule has 0 radical (unpaired) electrons. The minimum Gasteiger partial charge on any atom is -0.381 e. The fourth-order valence-corrected chi connectivity index (χ4v) is 4.37. The molecule has 3 rings (SSSR count). The average Bonchev–Trinajstić information content (AvgIpc) is 3.00. The third-order valence-electron chi connectivity index (χ3n) is 3.58. The minimum atomic E-state index is 0.172. The van der Waals surface area contributed by atoms with Crippen molar-refractivity contribution in [2.24, 2.45) is 5.92 Å². The van der Waals surface area contributed by atoms with Gasteiger partial charge in [-0.3, -0.25) is 4.79 Å². The van der Waals surface area contributed by atoms with E-state index in [1.54, 1.807) is 0 Å². The van der Waals surface area contributed by atoms with Crippen molar-refractivity contribution in [1.29, 1.82) is 0 Å². The Labute approximate surface area is 133 Å². The van der Waals surface area contributed by atoms with Gasteiger partial charge in [-0.2, -0.15) is 0 Å². The lowest BCUT2D eigenvalue weighted by molar-refractivity contribution is 0.0711. The molecule has 0 aromatic carbocycles. The maximum absolute atomic E-state index is 12.6. The lowest BCUT2D eigenvalue weighted by Gasteiger charge is -2.24. The van der Waals surface area contributed by atoms with E-state index in [1.165, 1.54) is 11.3 Å². The Hall–Kier alpha value is 0.0900. The number of carbonyl (C=O) groups excluding carboxylic acids is 1. The third-order valence-corrected chi connectivity index (χ3v) is 6.83. The summed E-state index contributed by atoms with van der Waals surface area (Å²) in [6, 6.07) is 2.37. The predicted octanol–water partition coefficient (Wildman–Crippen LogP) is 3.91. The van der Waals surface area contributed by atoms with Crippen LogP contribution < -0.4 is 0 Å². The van der Waals surface area contributed by atoms with Crippen molar-refractivity contribution >= 4 is 49.1 Å². The van der Waals surface area contributed by atoms with Gasteiger partial charge >= 0.3 is 0 Å². The Morgan fingerprint density at radius 1 is 1.42 bits per heavy atom. The molecule has 1 amide bonds. The number of nitrogens with zero attached hydrogens (tertiary/aromatic N) is 1. The van der Waals surface area contributed by atoms with Gasteiger partial charge in [-0.05, 0) is 57.2 Å². The molecular formula is C13H15Br2NO2S. The van der Waals surface area contributed by atoms with Crippen molar-refractivity contribution in [2.45, 2.75) is 25.3 Å². The summed E-state index contributed by atoms with van der Waals surface area (Å²) in [6.45, 7) is 2.48. The number of hydrogen-bond donors (Lipinski definition) is 0. The SMILES string of the molecule is O=C(c1cc(Br)c(Br)s1)N(CC1CCOC1)C1CC1. The Bertz CT molecular complexity index is 461. The monoisotopic (exact) mass is 407 g/mol. The van der Waals surface area contributed by atoms with Crippen molar-refractivity contribution in [3.8, 4) is 0 Å². The number of amides is 1. The molecule has 1 aliphatic heterocycles. The first-order valence-electron chi connectivity index (χ1n) is 6.48. The molecule has 104 valence electrons. The van der Waals surface area contributed by atoms with Crippen LogP contribution in [0.2, 0.25) is 0 Å². The topological polar surface area (TPSA) is 29.5 Å². The third kappa shape index (κ3) is 3.23. The molecule has 2 fully saturated rings. The van der Waals surface area contributed by atoms with Crippen LogP contribution in [-0.2, 0) is 4.74 Å². The molecule has 2 heterocycles. The summed E-state index contributed by atoms with van der Waals surface area (Å²) in [7, 11) is 0. The standard InChI is InChI=1S/C13H15Br2NO2S/c14-10-5-11(19-12(10)15)13(17)16(9-1-2-9)6-8-3-4-18-7-8/h5,8-9H,1-4,6-7H2. The van der Waals surface area contributed by atoms with Crippen LogP contribution in [0.5, 0.6) is 0 Å². The molecular weight excluding hydrogens is 394 g/mol. The zero-order chi connectivity index (χ0) is 13.4. The van der Waals surface area contributed by atoms with Gasteiger partial charge in [-0.25, -0.2) is 0 Å². The molecule has 1 aromatic rings. The molecule has 1 aliphatic carbocycles. The molecule has 19 heavy (non-hydrogen) atoms. The molecule has 0 spiro atoms. The summed E-state index contributed by atoms with van der Waals surface area (Å²) in [5.74, 6) is 0.683. The summed E-state index contributed by atoms with van der Waals surface area (Å²) >= 11 is 8.40. The fraction of sp³-hybridized carbons (Fsp3) is 0.615. The van der Waals surface area contributed by atoms with Crippen LogP contribution in [0.4, 0.5) is 0 Å². The maximum atomic E-state index is 12.6. The Morgan fingerprint density at radius 2 is 2.21 bits per heavy atom. The lowest BCUT2D eigenvalue weighted by atomic mass is 10.1. The van der Waals surface area contributed by atoms with Gasteiger partial charge in [0.1, 0.15) is 0 Å². The molecule has 2 aliphatic rings. The maximum Gasteiger partial charge on any atom is 0.264 e. The highest BCUT2D eigenvalue weighted by molar-refractivity contribution is 9.13. The van der Waals surface area contributed by atoms with Gasteiger partial charge in [0.2, 0.25) is 0 Å². The molecule has 1 aromatic heterocycles. The van der Waals surface area contributed by atoms with Crippen LogP contribution in [-0.4, -0.2) is 36.6 Å². The Kier molecular flexibility index (Phi) is 4.31. The first kappa shape index (κ1) is 14.0. The first-order chi connectivity index (χ1) is 9.15. The molecule has 3 nitrogen and oxygen atoms in total. The number of halogens is 2. The van der Waals surface area contributed by atoms with Crippen molar-refractivity contribution in [1.82, 2.24) is 4.90 Å². The van der Waals surface area contributed by atoms with Crippen molar-refractivity contribution in [2.75, 3.05) is 19.8 Å². The van der Waals surface area contributed by atoms with Gasteiger partial charge in [0.15, 0.2) is 0 Å². The number of ether oxygens (including phenoxy) is 1. The Morgan fingerprint density at radius 3 is 2.74 bits per heavy atom. The summed E-state index contributed by atoms with van der Waals surface area (Å²) in [4.78, 5) is 15.5. The van der Waals surface area contributed by atoms with E-state index < -0.39 is 0 Å². The number of rotatable bonds is 4. The van der Waals surface area contributed by atoms with Crippen LogP contribution in [0, 0.1) is 5.92 Å². The summed E-state index contributed by atoms with van der Waals surface area (Å²) in [5.41, 5.74) is 0. The van der Waals surface area contributed by atoms with Crippen molar-refractivity contribution in [3.63, 3.8) is 0 Å². The number of carbonyl (C=O) groups is 1. The fourth-order valence-electron chi connectivity index (χ4n) is 2.38. The van der Waals surface area contributed by atoms with Crippen LogP contribution in [0.3, 0.4) is 0 Å². The highest BCUT2D eigenvalue weighted by atomic mass is 79.9. The smallest absolute Gasteiger partial charge is 0.264 e. The van der Waals surface area contributed by atoms with E-state index in [0.717, 1.165) is 52.2 Å². The highest BCUT2D eigenvalue weighted by Crippen LogP contribution is 2.36. The van der Waals surface area contributed by atoms with E-state index >= 15 is 0 Å². The van der Waals surface area contributed by atoms with E-state index in [0.29, 0.717) is 12.0 Å². The van der Waals surface area contributed by atoms with Gasteiger partial charge in [0.25, 0.3) is 5.91 Å². The highest BCUT2D eigenvalue weighted by Gasteiger charge is 2.35. The van der Waals surface area contributed by atoms with E-state index in [-0.39, 0.29) is 5.91 Å². The number of hydrogen-bond acceptors (Lipinski definition) is 3. The van der Waals surface area contributed by atoms with Gasteiger partial charge in [-0.1, -0.05) is 0 Å². The van der Waals surface area contributed by atoms with Crippen molar-refractivity contribution in [3.05, 3.63) is 19.2 Å². The molecule has 0 N–H and O–H groups in total. The molecule has 1 saturated heterocycles. The van der Waals surface area contributed by atoms with Crippen LogP contribution in [0.15, 0.2) is 14.3 Å². The second kappa shape index (κ2) is 5.84. The van der Waals surface area contributed by atoms with Gasteiger partial charge in [0, 0.05) is 29.6 Å². The van der Waals surface area contributed by atoms with Crippen LogP contribution in [0.1, 0.15) is 28.9 Å². The van der Waals surface area contributed by atoms with Crippen LogP contribution in [0.25, 0.3) is 0 Å². The Balaban J connectivity index is 1.73. The average molecular weight is 409 g/mol. The second-order valence-electron chi connectivity index (χ2n) is 5.15. The normalized spacial score (nSPS) is 22.7. The van der Waals surface area contributed by atoms with Gasteiger partial charge in [-0.15, -0.1) is 11.3 Å². The summed E-state index contributed by atoms with van der Waals surface area (Å²) in [6.07, 6.45) is 3.37. The molecule has 0 bridgehead atoms. The predicted molar refractivity (Wildman–Crippen MR) is 82.7 cm³/mol. The van der Waals surface area contributed by atoms with Crippen molar-refractivity contribution < 1.29 is 9.53 Å². The summed E-state index contributed by atoms with van der Waals surface area (Å²) < 4.78 is 7.36. The van der Waals surface area contributed by atoms with E-state index in [2.05, 4.69) is 36.8 Å². The lowest BCUT2D eigenvalue weighted by Crippen LogP contribution is -2.37. The zero-order valence-corrected chi connectivity index (χ0v) is 14.4. The molecule has 6 heteroatoms. The molecule has 1 atom stereocenters. The van der Waals surface area contributed by atoms with E-state index in [1.807, 2.05) is 6.07 Å². The van der Waals surface area contributed by atoms with E-state index in [4.69, 9.17) is 4.74 Å². The second-order valence-corrected chi connectivity index (χ2v) is 8.38. The zero-order valence-electron chi connectivity index (χ0n) is 10.4. The van der Waals surface area contributed by atoms with Crippen LogP contribution >= 0.6 is 43.2 Å². The largest absolute Gasteiger partial charge is 0.381 e. The van der Waals surface area contributed by atoms with Gasteiger partial charge < -0.3 is 9.64 Å². The molecule has 1 saturated carbocycles. The molecule has 1 unspecified atom stereocenters. The minimum absolute atomic E-state index is 0.172. The first-order valence-corrected chi connectivity index (χ1v) is 8.89.